The Bertz CT molecular complexity index is 461. The van der Waals surface area contributed by atoms with E-state index in [1.54, 1.807) is 6.07 Å². The van der Waals surface area contributed by atoms with Crippen molar-refractivity contribution in [3.63, 3.8) is 0 Å². The monoisotopic (exact) mass is 251 g/mol. The van der Waals surface area contributed by atoms with E-state index >= 15 is 0 Å². The van der Waals surface area contributed by atoms with Gasteiger partial charge in [-0.05, 0) is 19.1 Å². The summed E-state index contributed by atoms with van der Waals surface area (Å²) in [7, 11) is 1.45. The molecule has 2 atom stereocenters. The highest BCUT2D eigenvalue weighted by Gasteiger charge is 2.31. The van der Waals surface area contributed by atoms with Gasteiger partial charge < -0.3 is 9.64 Å². The third-order valence-corrected chi connectivity index (χ3v) is 3.79. The molecule has 1 heterocycles. The van der Waals surface area contributed by atoms with Crippen LogP contribution in [0.25, 0.3) is 0 Å². The summed E-state index contributed by atoms with van der Waals surface area (Å²) in [6.45, 7) is 4.58. The topological polar surface area (TPSA) is 29.5 Å². The molecule has 4 heteroatoms. The van der Waals surface area contributed by atoms with Crippen LogP contribution in [0, 0.1) is 11.7 Å². The van der Waals surface area contributed by atoms with Gasteiger partial charge in [0.05, 0.1) is 7.11 Å². The molecule has 0 N–H and O–H groups in total. The molecule has 0 aliphatic carbocycles. The Morgan fingerprint density at radius 3 is 2.72 bits per heavy atom. The van der Waals surface area contributed by atoms with E-state index < -0.39 is 0 Å². The van der Waals surface area contributed by atoms with Gasteiger partial charge in [-0.15, -0.1) is 0 Å². The van der Waals surface area contributed by atoms with E-state index in [9.17, 15) is 9.18 Å². The van der Waals surface area contributed by atoms with Crippen molar-refractivity contribution in [2.24, 2.45) is 5.92 Å². The molecule has 1 aromatic rings. The van der Waals surface area contributed by atoms with Gasteiger partial charge in [-0.2, -0.15) is 0 Å². The van der Waals surface area contributed by atoms with E-state index in [0.717, 1.165) is 5.69 Å². The number of hydrogen-bond donors (Lipinski definition) is 0. The lowest BCUT2D eigenvalue weighted by Gasteiger charge is -2.38. The average Bonchev–Trinajstić information content (AvgIpc) is 2.36. The predicted molar refractivity (Wildman–Crippen MR) is 68.5 cm³/mol. The molecular formula is C14H18FNO2. The van der Waals surface area contributed by atoms with Gasteiger partial charge in [0.25, 0.3) is 0 Å². The Hall–Kier alpha value is -1.58. The molecule has 1 aliphatic heterocycles. The zero-order valence-electron chi connectivity index (χ0n) is 10.9. The van der Waals surface area contributed by atoms with Crippen molar-refractivity contribution >= 4 is 11.5 Å². The summed E-state index contributed by atoms with van der Waals surface area (Å²) < 4.78 is 18.6. The number of methoxy groups -OCH3 is 1. The zero-order chi connectivity index (χ0) is 13.3. The molecule has 0 saturated carbocycles. The molecule has 0 aromatic heterocycles. The van der Waals surface area contributed by atoms with E-state index in [-0.39, 0.29) is 29.3 Å². The fourth-order valence-corrected chi connectivity index (χ4v) is 2.40. The summed E-state index contributed by atoms with van der Waals surface area (Å²) in [4.78, 5) is 13.7. The third-order valence-electron chi connectivity index (χ3n) is 3.79. The van der Waals surface area contributed by atoms with Gasteiger partial charge in [0.2, 0.25) is 0 Å². The van der Waals surface area contributed by atoms with Gasteiger partial charge in [-0.25, -0.2) is 4.39 Å². The summed E-state index contributed by atoms with van der Waals surface area (Å²) >= 11 is 0. The zero-order valence-corrected chi connectivity index (χ0v) is 10.9. The SMILES string of the molecule is COc1ccc(N2CCC(=O)C(C)C2C)cc1F. The predicted octanol–water partition coefficient (Wildman–Crippen LogP) is 2.64. The molecule has 1 aromatic carbocycles. The Balaban J connectivity index is 2.26. The highest BCUT2D eigenvalue weighted by Crippen LogP contribution is 2.29. The lowest BCUT2D eigenvalue weighted by atomic mass is 9.90. The van der Waals surface area contributed by atoms with Crippen molar-refractivity contribution in [2.75, 3.05) is 18.6 Å². The maximum Gasteiger partial charge on any atom is 0.167 e. The van der Waals surface area contributed by atoms with Crippen LogP contribution in [0.4, 0.5) is 10.1 Å². The number of carbonyl (C=O) groups excluding carboxylic acids is 1. The average molecular weight is 251 g/mol. The van der Waals surface area contributed by atoms with Gasteiger partial charge in [0.1, 0.15) is 5.78 Å². The number of hydrogen-bond acceptors (Lipinski definition) is 3. The fourth-order valence-electron chi connectivity index (χ4n) is 2.40. The number of benzene rings is 1. The molecule has 98 valence electrons. The van der Waals surface area contributed by atoms with Crippen molar-refractivity contribution in [1.29, 1.82) is 0 Å². The first-order valence-corrected chi connectivity index (χ1v) is 6.17. The summed E-state index contributed by atoms with van der Waals surface area (Å²) in [5, 5.41) is 0. The van der Waals surface area contributed by atoms with E-state index in [1.807, 2.05) is 19.9 Å². The minimum Gasteiger partial charge on any atom is -0.494 e. The van der Waals surface area contributed by atoms with Crippen molar-refractivity contribution < 1.29 is 13.9 Å². The minimum absolute atomic E-state index is 0.0103. The third kappa shape index (κ3) is 2.19. The number of halogens is 1. The number of nitrogens with zero attached hydrogens (tertiary/aromatic N) is 1. The second-order valence-corrected chi connectivity index (χ2v) is 4.76. The van der Waals surface area contributed by atoms with Crippen LogP contribution < -0.4 is 9.64 Å². The Kier molecular flexibility index (Phi) is 3.55. The molecule has 2 unspecified atom stereocenters. The smallest absolute Gasteiger partial charge is 0.167 e. The van der Waals surface area contributed by atoms with Crippen LogP contribution in [0.3, 0.4) is 0 Å². The molecular weight excluding hydrogens is 233 g/mol. The van der Waals surface area contributed by atoms with Crippen LogP contribution in [0.2, 0.25) is 0 Å². The highest BCUT2D eigenvalue weighted by atomic mass is 19.1. The van der Waals surface area contributed by atoms with Crippen LogP contribution in [-0.4, -0.2) is 25.5 Å². The first-order valence-electron chi connectivity index (χ1n) is 6.17. The largest absolute Gasteiger partial charge is 0.494 e. The standard InChI is InChI=1S/C14H18FNO2/c1-9-10(2)16(7-6-13(9)17)11-4-5-14(18-3)12(15)8-11/h4-5,8-10H,6-7H2,1-3H3. The Labute approximate surface area is 107 Å². The molecule has 1 saturated heterocycles. The number of carbonyl (C=O) groups is 1. The Morgan fingerprint density at radius 2 is 2.11 bits per heavy atom. The maximum atomic E-state index is 13.7. The van der Waals surface area contributed by atoms with Gasteiger partial charge in [0.15, 0.2) is 11.6 Å². The van der Waals surface area contributed by atoms with Crippen LogP contribution >= 0.6 is 0 Å². The number of ketones is 1. The summed E-state index contributed by atoms with van der Waals surface area (Å²) in [6.07, 6.45) is 0.527. The van der Waals surface area contributed by atoms with Crippen molar-refractivity contribution in [1.82, 2.24) is 0 Å². The molecule has 1 aliphatic rings. The summed E-state index contributed by atoms with van der Waals surface area (Å²) in [5.41, 5.74) is 0.806. The van der Waals surface area contributed by atoms with E-state index in [4.69, 9.17) is 4.74 Å². The maximum absolute atomic E-state index is 13.7. The highest BCUT2D eigenvalue weighted by molar-refractivity contribution is 5.84. The normalized spacial score (nSPS) is 24.2. The van der Waals surface area contributed by atoms with Gasteiger partial charge >= 0.3 is 0 Å². The minimum atomic E-state index is -0.369. The molecule has 18 heavy (non-hydrogen) atoms. The lowest BCUT2D eigenvalue weighted by molar-refractivity contribution is -0.123. The van der Waals surface area contributed by atoms with Gasteiger partial charge in [-0.1, -0.05) is 6.92 Å². The van der Waals surface area contributed by atoms with Crippen LogP contribution in [0.1, 0.15) is 20.3 Å². The van der Waals surface area contributed by atoms with Gasteiger partial charge in [-0.3, -0.25) is 4.79 Å². The van der Waals surface area contributed by atoms with Crippen molar-refractivity contribution in [2.45, 2.75) is 26.3 Å². The van der Waals surface area contributed by atoms with Crippen LogP contribution in [0.15, 0.2) is 18.2 Å². The van der Waals surface area contributed by atoms with Crippen LogP contribution in [0.5, 0.6) is 5.75 Å². The lowest BCUT2D eigenvalue weighted by Crippen LogP contribution is -2.47. The second-order valence-electron chi connectivity index (χ2n) is 4.76. The summed E-state index contributed by atoms with van der Waals surface area (Å²) in [5.74, 6) is 0.149. The number of anilines is 1. The van der Waals surface area contributed by atoms with E-state index in [0.29, 0.717) is 13.0 Å². The number of ether oxygens (including phenoxy) is 1. The first-order chi connectivity index (χ1) is 8.54. The first kappa shape index (κ1) is 12.9. The number of Topliss-reactive ketones (excluding diaryl/α,β-unsaturated/α-hetero) is 1. The van der Waals surface area contributed by atoms with Crippen molar-refractivity contribution in [3.05, 3.63) is 24.0 Å². The molecule has 0 radical (unpaired) electrons. The van der Waals surface area contributed by atoms with Crippen LogP contribution in [-0.2, 0) is 4.79 Å². The van der Waals surface area contributed by atoms with E-state index in [1.165, 1.54) is 13.2 Å². The number of piperidine rings is 1. The fraction of sp³-hybridized carbons (Fsp3) is 0.500. The molecule has 3 nitrogen and oxygen atoms in total. The second kappa shape index (κ2) is 4.96. The molecule has 0 amide bonds. The molecule has 0 spiro atoms. The van der Waals surface area contributed by atoms with Gasteiger partial charge in [0, 0.05) is 36.7 Å². The summed E-state index contributed by atoms with van der Waals surface area (Å²) in [6, 6.07) is 5.02. The molecule has 0 bridgehead atoms. The Morgan fingerprint density at radius 1 is 1.39 bits per heavy atom. The number of rotatable bonds is 2. The molecule has 1 fully saturated rings. The van der Waals surface area contributed by atoms with Crippen molar-refractivity contribution in [3.8, 4) is 5.75 Å². The molecule has 2 rings (SSSR count). The van der Waals surface area contributed by atoms with E-state index in [2.05, 4.69) is 4.90 Å². The quantitative estimate of drug-likeness (QED) is 0.809.